The van der Waals surface area contributed by atoms with Gasteiger partial charge < -0.3 is 19.9 Å². The normalized spacial score (nSPS) is 11.1. The summed E-state index contributed by atoms with van der Waals surface area (Å²) in [5.74, 6) is 1.10. The Kier molecular flexibility index (Phi) is 5.71. The molecule has 2 N–H and O–H groups in total. The summed E-state index contributed by atoms with van der Waals surface area (Å²) < 4.78 is 15.5. The second-order valence-corrected chi connectivity index (χ2v) is 5.30. The first-order chi connectivity index (χ1) is 11.5. The molecule has 0 spiro atoms. The SMILES string of the molecule is COc1ccc(OC)c(C(=O)C(Cl)=Cc2ccc(N)c(OC)c2)c1. The summed E-state index contributed by atoms with van der Waals surface area (Å²) >= 11 is 6.20. The maximum absolute atomic E-state index is 12.6. The minimum atomic E-state index is -0.372. The van der Waals surface area contributed by atoms with E-state index in [-0.39, 0.29) is 10.8 Å². The minimum absolute atomic E-state index is 0.0355. The number of rotatable bonds is 6. The van der Waals surface area contributed by atoms with Gasteiger partial charge in [0.05, 0.1) is 37.6 Å². The molecule has 0 fully saturated rings. The van der Waals surface area contributed by atoms with Crippen LogP contribution in [0.3, 0.4) is 0 Å². The summed E-state index contributed by atoms with van der Waals surface area (Å²) in [6, 6.07) is 10.1. The third kappa shape index (κ3) is 3.81. The monoisotopic (exact) mass is 347 g/mol. The molecule has 0 bridgehead atoms. The van der Waals surface area contributed by atoms with Crippen molar-refractivity contribution in [2.75, 3.05) is 27.1 Å². The number of carbonyl (C=O) groups excluding carboxylic acids is 1. The van der Waals surface area contributed by atoms with Gasteiger partial charge in [0, 0.05) is 0 Å². The van der Waals surface area contributed by atoms with Gasteiger partial charge in [0.1, 0.15) is 17.2 Å². The first-order valence-corrected chi connectivity index (χ1v) is 7.45. The minimum Gasteiger partial charge on any atom is -0.497 e. The summed E-state index contributed by atoms with van der Waals surface area (Å²) in [4.78, 5) is 12.6. The number of ketones is 1. The van der Waals surface area contributed by atoms with E-state index in [1.165, 1.54) is 21.3 Å². The molecule has 24 heavy (non-hydrogen) atoms. The van der Waals surface area contributed by atoms with E-state index in [4.69, 9.17) is 31.5 Å². The first-order valence-electron chi connectivity index (χ1n) is 7.07. The van der Waals surface area contributed by atoms with Gasteiger partial charge in [-0.25, -0.2) is 0 Å². The van der Waals surface area contributed by atoms with Gasteiger partial charge in [-0.3, -0.25) is 4.79 Å². The van der Waals surface area contributed by atoms with Crippen molar-refractivity contribution in [3.8, 4) is 17.2 Å². The van der Waals surface area contributed by atoms with Crippen LogP contribution in [-0.4, -0.2) is 27.1 Å². The van der Waals surface area contributed by atoms with Crippen LogP contribution in [0.2, 0.25) is 0 Å². The largest absolute Gasteiger partial charge is 0.497 e. The molecule has 0 saturated carbocycles. The summed E-state index contributed by atoms with van der Waals surface area (Å²) in [7, 11) is 4.53. The molecule has 0 amide bonds. The number of nitrogens with two attached hydrogens (primary N) is 1. The number of Topliss-reactive ketones (excluding diaryl/α,β-unsaturated/α-hetero) is 1. The molecular formula is C18H18ClNO4. The quantitative estimate of drug-likeness (QED) is 0.489. The molecule has 2 rings (SSSR count). The lowest BCUT2D eigenvalue weighted by Crippen LogP contribution is -2.03. The van der Waals surface area contributed by atoms with E-state index < -0.39 is 0 Å². The number of carbonyl (C=O) groups is 1. The maximum atomic E-state index is 12.6. The van der Waals surface area contributed by atoms with Gasteiger partial charge >= 0.3 is 0 Å². The highest BCUT2D eigenvalue weighted by atomic mass is 35.5. The van der Waals surface area contributed by atoms with E-state index in [0.29, 0.717) is 34.1 Å². The van der Waals surface area contributed by atoms with E-state index in [2.05, 4.69) is 0 Å². The molecular weight excluding hydrogens is 330 g/mol. The molecule has 2 aromatic carbocycles. The van der Waals surface area contributed by atoms with Crippen molar-refractivity contribution >= 4 is 29.1 Å². The highest BCUT2D eigenvalue weighted by Gasteiger charge is 2.17. The molecule has 0 radical (unpaired) electrons. The van der Waals surface area contributed by atoms with Crippen LogP contribution >= 0.6 is 11.6 Å². The fourth-order valence-electron chi connectivity index (χ4n) is 2.15. The van der Waals surface area contributed by atoms with Gasteiger partial charge in [0.25, 0.3) is 0 Å². The zero-order valence-corrected chi connectivity index (χ0v) is 14.4. The predicted octanol–water partition coefficient (Wildman–Crippen LogP) is 3.76. The van der Waals surface area contributed by atoms with Gasteiger partial charge in [0.15, 0.2) is 0 Å². The summed E-state index contributed by atoms with van der Waals surface area (Å²) in [5.41, 5.74) is 7.30. The van der Waals surface area contributed by atoms with Crippen molar-refractivity contribution < 1.29 is 19.0 Å². The third-order valence-corrected chi connectivity index (χ3v) is 3.70. The average Bonchev–Trinajstić information content (AvgIpc) is 2.61. The summed E-state index contributed by atoms with van der Waals surface area (Å²) in [6.07, 6.45) is 1.55. The van der Waals surface area contributed by atoms with Crippen LogP contribution in [0, 0.1) is 0 Å². The van der Waals surface area contributed by atoms with Crippen LogP contribution in [0.15, 0.2) is 41.4 Å². The van der Waals surface area contributed by atoms with Crippen molar-refractivity contribution in [3.63, 3.8) is 0 Å². The molecule has 0 heterocycles. The number of halogens is 1. The summed E-state index contributed by atoms with van der Waals surface area (Å²) in [5, 5.41) is 0.0355. The van der Waals surface area contributed by atoms with E-state index in [9.17, 15) is 4.79 Å². The molecule has 6 heteroatoms. The zero-order chi connectivity index (χ0) is 17.7. The van der Waals surface area contributed by atoms with Gasteiger partial charge in [0.2, 0.25) is 5.78 Å². The Morgan fingerprint density at radius 3 is 2.33 bits per heavy atom. The highest BCUT2D eigenvalue weighted by molar-refractivity contribution is 6.47. The van der Waals surface area contributed by atoms with Gasteiger partial charge in [-0.2, -0.15) is 0 Å². The first kappa shape index (κ1) is 17.7. The number of hydrogen-bond acceptors (Lipinski definition) is 5. The highest BCUT2D eigenvalue weighted by Crippen LogP contribution is 2.29. The van der Waals surface area contributed by atoms with Crippen molar-refractivity contribution in [2.45, 2.75) is 0 Å². The number of ether oxygens (including phenoxy) is 3. The smallest absolute Gasteiger partial charge is 0.208 e. The molecule has 0 aromatic heterocycles. The fourth-order valence-corrected chi connectivity index (χ4v) is 2.38. The third-order valence-electron chi connectivity index (χ3n) is 3.42. The van der Waals surface area contributed by atoms with E-state index >= 15 is 0 Å². The Morgan fingerprint density at radius 2 is 1.71 bits per heavy atom. The molecule has 5 nitrogen and oxygen atoms in total. The average molecular weight is 348 g/mol. The second kappa shape index (κ2) is 7.75. The standard InChI is InChI=1S/C18H18ClNO4/c1-22-12-5-7-16(23-2)13(10-12)18(21)14(19)8-11-4-6-15(20)17(9-11)24-3/h4-10H,20H2,1-3H3. The van der Waals surface area contributed by atoms with Crippen molar-refractivity contribution in [2.24, 2.45) is 0 Å². The Bertz CT molecular complexity index is 787. The van der Waals surface area contributed by atoms with Crippen molar-refractivity contribution in [1.29, 1.82) is 0 Å². The van der Waals surface area contributed by atoms with Gasteiger partial charge in [-0.15, -0.1) is 0 Å². The lowest BCUT2D eigenvalue weighted by Gasteiger charge is -2.09. The van der Waals surface area contributed by atoms with Crippen LogP contribution in [0.5, 0.6) is 17.2 Å². The zero-order valence-electron chi connectivity index (χ0n) is 13.6. The number of anilines is 1. The second-order valence-electron chi connectivity index (χ2n) is 4.89. The van der Waals surface area contributed by atoms with Crippen LogP contribution in [0.25, 0.3) is 6.08 Å². The Morgan fingerprint density at radius 1 is 1.00 bits per heavy atom. The van der Waals surface area contributed by atoms with Crippen molar-refractivity contribution in [1.82, 2.24) is 0 Å². The lowest BCUT2D eigenvalue weighted by atomic mass is 10.1. The number of methoxy groups -OCH3 is 3. The summed E-state index contributed by atoms with van der Waals surface area (Å²) in [6.45, 7) is 0. The van der Waals surface area contributed by atoms with Gasteiger partial charge in [-0.1, -0.05) is 17.7 Å². The maximum Gasteiger partial charge on any atom is 0.208 e. The lowest BCUT2D eigenvalue weighted by molar-refractivity contribution is 0.104. The number of hydrogen-bond donors (Lipinski definition) is 1. The Balaban J connectivity index is 2.39. The molecule has 2 aromatic rings. The van der Waals surface area contributed by atoms with E-state index in [1.807, 2.05) is 0 Å². The number of nitrogen functional groups attached to an aromatic ring is 1. The van der Waals surface area contributed by atoms with Crippen LogP contribution in [0.1, 0.15) is 15.9 Å². The molecule has 0 aliphatic carbocycles. The number of allylic oxidation sites excluding steroid dienone is 1. The molecule has 0 unspecified atom stereocenters. The number of benzene rings is 2. The van der Waals surface area contributed by atoms with Crippen LogP contribution in [-0.2, 0) is 0 Å². The topological polar surface area (TPSA) is 70.8 Å². The predicted molar refractivity (Wildman–Crippen MR) is 95.1 cm³/mol. The van der Waals surface area contributed by atoms with Gasteiger partial charge in [-0.05, 0) is 42.0 Å². The van der Waals surface area contributed by atoms with Crippen LogP contribution in [0.4, 0.5) is 5.69 Å². The molecule has 0 atom stereocenters. The Labute approximate surface area is 145 Å². The molecule has 0 aliphatic rings. The molecule has 0 aliphatic heterocycles. The Hall–Kier alpha value is -2.66. The van der Waals surface area contributed by atoms with E-state index in [0.717, 1.165) is 0 Å². The van der Waals surface area contributed by atoms with Crippen molar-refractivity contribution in [3.05, 3.63) is 52.6 Å². The molecule has 126 valence electrons. The van der Waals surface area contributed by atoms with E-state index in [1.54, 1.807) is 42.5 Å². The van der Waals surface area contributed by atoms with Crippen LogP contribution < -0.4 is 19.9 Å². The fraction of sp³-hybridized carbons (Fsp3) is 0.167. The molecule has 0 saturated heterocycles.